The molecule has 0 saturated carbocycles. The molecule has 13 heteroatoms. The van der Waals surface area contributed by atoms with E-state index < -0.39 is 30.1 Å². The SMILES string of the molecule is CCCO[C@H](CC(C(C)C)N(CCC)C(=O)[C@@H](NC(=O)[C@H](NC)[C@@H](C)CC)[C@@H](C)CC)c1nc(C(=O)N[C@@H](Cc2ccc(O)cc2)C[C@H](C)C(=O)OC)cs1. The summed E-state index contributed by atoms with van der Waals surface area (Å²) >= 11 is 1.35. The molecule has 0 aliphatic heterocycles. The van der Waals surface area contributed by atoms with E-state index in [-0.39, 0.29) is 58.9 Å². The molecule has 0 aliphatic rings. The second-order valence-electron chi connectivity index (χ2n) is 15.2. The number of phenols is 1. The van der Waals surface area contributed by atoms with Gasteiger partial charge in [0.05, 0.1) is 19.1 Å². The van der Waals surface area contributed by atoms with E-state index in [1.54, 1.807) is 43.6 Å². The van der Waals surface area contributed by atoms with Crippen LogP contribution in [0.15, 0.2) is 29.6 Å². The highest BCUT2D eigenvalue weighted by Crippen LogP contribution is 2.32. The maximum atomic E-state index is 14.6. The number of carbonyl (C=O) groups is 4. The summed E-state index contributed by atoms with van der Waals surface area (Å²) in [5, 5.41) is 21.5. The third kappa shape index (κ3) is 14.5. The number of nitrogens with one attached hydrogen (secondary N) is 3. The van der Waals surface area contributed by atoms with Crippen LogP contribution in [0.4, 0.5) is 0 Å². The Hall–Kier alpha value is -3.55. The van der Waals surface area contributed by atoms with Crippen LogP contribution in [0.2, 0.25) is 0 Å². The molecule has 0 bridgehead atoms. The monoisotopic (exact) mass is 787 g/mol. The number of nitrogens with zero attached hydrogens (tertiary/aromatic N) is 2. The van der Waals surface area contributed by atoms with Gasteiger partial charge in [0.2, 0.25) is 11.8 Å². The van der Waals surface area contributed by atoms with Crippen molar-refractivity contribution < 1.29 is 33.8 Å². The molecular formula is C42H69N5O7S. The zero-order valence-electron chi connectivity index (χ0n) is 35.1. The highest BCUT2D eigenvalue weighted by atomic mass is 32.1. The molecule has 12 nitrogen and oxygen atoms in total. The van der Waals surface area contributed by atoms with E-state index in [0.29, 0.717) is 37.4 Å². The van der Waals surface area contributed by atoms with Crippen molar-refractivity contribution in [3.05, 3.63) is 45.9 Å². The van der Waals surface area contributed by atoms with E-state index in [0.717, 1.165) is 31.2 Å². The molecule has 0 spiro atoms. The van der Waals surface area contributed by atoms with Crippen LogP contribution in [0, 0.1) is 23.7 Å². The number of aromatic hydroxyl groups is 1. The number of esters is 1. The predicted octanol–water partition coefficient (Wildman–Crippen LogP) is 6.68. The Bertz CT molecular complexity index is 1470. The molecule has 1 aromatic carbocycles. The van der Waals surface area contributed by atoms with E-state index in [2.05, 4.69) is 36.7 Å². The van der Waals surface area contributed by atoms with Crippen LogP contribution in [0.5, 0.6) is 5.75 Å². The minimum Gasteiger partial charge on any atom is -0.508 e. The Morgan fingerprint density at radius 3 is 2.07 bits per heavy atom. The number of hydrogen-bond acceptors (Lipinski definition) is 10. The lowest BCUT2D eigenvalue weighted by atomic mass is 9.91. The summed E-state index contributed by atoms with van der Waals surface area (Å²) in [6, 6.07) is 5.02. The number of ether oxygens (including phenoxy) is 2. The van der Waals surface area contributed by atoms with Crippen LogP contribution in [0.1, 0.15) is 128 Å². The third-order valence-electron chi connectivity index (χ3n) is 10.5. The van der Waals surface area contributed by atoms with Gasteiger partial charge in [-0.1, -0.05) is 87.3 Å². The number of likely N-dealkylation sites (N-methyl/N-ethyl adjacent to an activating group) is 1. The quantitative estimate of drug-likeness (QED) is 0.0807. The fourth-order valence-electron chi connectivity index (χ4n) is 6.81. The van der Waals surface area contributed by atoms with Crippen LogP contribution in [0.25, 0.3) is 0 Å². The molecule has 1 heterocycles. The van der Waals surface area contributed by atoms with E-state index >= 15 is 0 Å². The second-order valence-corrected chi connectivity index (χ2v) is 16.1. The van der Waals surface area contributed by atoms with Crippen LogP contribution in [0.3, 0.4) is 0 Å². The fourth-order valence-corrected chi connectivity index (χ4v) is 7.67. The largest absolute Gasteiger partial charge is 0.508 e. The maximum Gasteiger partial charge on any atom is 0.308 e. The van der Waals surface area contributed by atoms with Gasteiger partial charge in [0.25, 0.3) is 5.91 Å². The van der Waals surface area contributed by atoms with Gasteiger partial charge in [-0.3, -0.25) is 19.2 Å². The first-order valence-corrected chi connectivity index (χ1v) is 21.0. The number of hydrogen-bond donors (Lipinski definition) is 4. The topological polar surface area (TPSA) is 159 Å². The Balaban J connectivity index is 2.42. The maximum absolute atomic E-state index is 14.6. The zero-order chi connectivity index (χ0) is 41.2. The number of thiazole rings is 1. The molecule has 0 saturated heterocycles. The first-order chi connectivity index (χ1) is 26.1. The molecule has 0 aliphatic carbocycles. The lowest BCUT2D eigenvalue weighted by molar-refractivity contribution is -0.145. The van der Waals surface area contributed by atoms with Crippen molar-refractivity contribution in [3.8, 4) is 5.75 Å². The summed E-state index contributed by atoms with van der Waals surface area (Å²) in [7, 11) is 3.12. The number of rotatable bonds is 25. The van der Waals surface area contributed by atoms with Gasteiger partial charge in [0.15, 0.2) is 0 Å². The molecule has 1 aromatic heterocycles. The van der Waals surface area contributed by atoms with Gasteiger partial charge in [-0.05, 0) is 68.2 Å². The van der Waals surface area contributed by atoms with Crippen LogP contribution in [-0.4, -0.2) is 90.2 Å². The Morgan fingerprint density at radius 2 is 1.53 bits per heavy atom. The lowest BCUT2D eigenvalue weighted by Crippen LogP contribution is -2.59. The Labute approximate surface area is 333 Å². The predicted molar refractivity (Wildman–Crippen MR) is 219 cm³/mol. The summed E-state index contributed by atoms with van der Waals surface area (Å²) in [6.45, 7) is 19.2. The minimum absolute atomic E-state index is 0.0573. The van der Waals surface area contributed by atoms with E-state index in [1.165, 1.54) is 18.4 Å². The Morgan fingerprint density at radius 1 is 0.891 bits per heavy atom. The molecule has 0 radical (unpaired) electrons. The van der Waals surface area contributed by atoms with Crippen LogP contribution >= 0.6 is 11.3 Å². The summed E-state index contributed by atoms with van der Waals surface area (Å²) in [5.41, 5.74) is 1.14. The molecule has 2 aromatic rings. The van der Waals surface area contributed by atoms with Gasteiger partial charge in [0, 0.05) is 37.0 Å². The highest BCUT2D eigenvalue weighted by molar-refractivity contribution is 7.09. The van der Waals surface area contributed by atoms with E-state index in [1.807, 2.05) is 39.5 Å². The van der Waals surface area contributed by atoms with E-state index in [9.17, 15) is 24.3 Å². The smallest absolute Gasteiger partial charge is 0.308 e. The number of benzene rings is 1. The number of phenolic OH excluding ortho intramolecular Hbond substituents is 1. The molecule has 2 rings (SSSR count). The molecular weight excluding hydrogens is 719 g/mol. The molecule has 1 unspecified atom stereocenters. The van der Waals surface area contributed by atoms with Gasteiger partial charge < -0.3 is 35.4 Å². The zero-order valence-corrected chi connectivity index (χ0v) is 36.0. The van der Waals surface area contributed by atoms with Crippen molar-refractivity contribution in [3.63, 3.8) is 0 Å². The average molecular weight is 788 g/mol. The van der Waals surface area contributed by atoms with Crippen molar-refractivity contribution in [2.24, 2.45) is 23.7 Å². The van der Waals surface area contributed by atoms with Crippen molar-refractivity contribution >= 4 is 35.0 Å². The van der Waals surface area contributed by atoms with Crippen LogP contribution < -0.4 is 16.0 Å². The summed E-state index contributed by atoms with van der Waals surface area (Å²) < 4.78 is 11.4. The van der Waals surface area contributed by atoms with Gasteiger partial charge >= 0.3 is 5.97 Å². The first kappa shape index (κ1) is 47.6. The lowest BCUT2D eigenvalue weighted by Gasteiger charge is -2.39. The summed E-state index contributed by atoms with van der Waals surface area (Å²) in [4.78, 5) is 60.9. The van der Waals surface area contributed by atoms with Gasteiger partial charge in [-0.2, -0.15) is 0 Å². The number of aromatic nitrogens is 1. The number of methoxy groups -OCH3 is 1. The fraction of sp³-hybridized carbons (Fsp3) is 0.690. The van der Waals surface area contributed by atoms with E-state index in [4.69, 9.17) is 14.5 Å². The Kier molecular flexibility index (Phi) is 20.9. The van der Waals surface area contributed by atoms with Crippen molar-refractivity contribution in [1.82, 2.24) is 25.8 Å². The normalized spacial score (nSPS) is 15.9. The van der Waals surface area contributed by atoms with Gasteiger partial charge in [0.1, 0.15) is 28.6 Å². The highest BCUT2D eigenvalue weighted by Gasteiger charge is 2.38. The molecule has 4 N–H and O–H groups in total. The van der Waals surface area contributed by atoms with Crippen LogP contribution in [-0.2, 0) is 30.3 Å². The third-order valence-corrected chi connectivity index (χ3v) is 11.4. The summed E-state index contributed by atoms with van der Waals surface area (Å²) in [6.07, 6.45) is 3.84. The van der Waals surface area contributed by atoms with Gasteiger partial charge in [-0.25, -0.2) is 4.98 Å². The van der Waals surface area contributed by atoms with Crippen molar-refractivity contribution in [2.45, 2.75) is 138 Å². The number of carbonyl (C=O) groups excluding carboxylic acids is 4. The van der Waals surface area contributed by atoms with Crippen molar-refractivity contribution in [2.75, 3.05) is 27.3 Å². The molecule has 310 valence electrons. The summed E-state index contributed by atoms with van der Waals surface area (Å²) in [5.74, 6) is -1.24. The van der Waals surface area contributed by atoms with Gasteiger partial charge in [-0.15, -0.1) is 11.3 Å². The van der Waals surface area contributed by atoms with Crippen molar-refractivity contribution in [1.29, 1.82) is 0 Å². The minimum atomic E-state index is -0.688. The molecule has 8 atom stereocenters. The average Bonchev–Trinajstić information content (AvgIpc) is 3.67. The second kappa shape index (κ2) is 24.2. The molecule has 55 heavy (non-hydrogen) atoms. The standard InChI is InChI=1S/C42H69N5O7S/c1-12-20-47(41(51)37(28(8)15-4)46-39(50)36(43-10)27(7)14-3)34(26(5)6)24-35(54-21-13-2)40-45-33(25-55-40)38(49)44-31(22-29(9)42(52)53-11)23-30-16-18-32(48)19-17-30/h16-19,25-29,31,34-37,43,48H,12-15,20-24H2,1-11H3,(H,44,49)(H,46,50)/t27-,28-,29-,31+,34?,35+,36+,37-/m0/s1. The molecule has 3 amide bonds. The number of amides is 3. The first-order valence-electron chi connectivity index (χ1n) is 20.2. The molecule has 0 fully saturated rings.